The van der Waals surface area contributed by atoms with Crippen molar-refractivity contribution in [1.29, 1.82) is 0 Å². The van der Waals surface area contributed by atoms with Crippen molar-refractivity contribution >= 4 is 5.97 Å². The minimum absolute atomic E-state index is 0.119. The predicted octanol–water partition coefficient (Wildman–Crippen LogP) is -1.91. The maximum absolute atomic E-state index is 15.2. The van der Waals surface area contributed by atoms with Crippen LogP contribution in [-0.4, -0.2) is 251 Å². The molecule has 25 nitrogen and oxygen atoms in total. The Balaban J connectivity index is 0.805. The van der Waals surface area contributed by atoms with E-state index in [9.17, 15) is 71.5 Å². The number of carbonyl (C=O) groups excluding carboxylic acids is 1. The molecule has 0 bridgehead atoms. The number of fused-ring (bicyclic) bond motifs is 7. The third-order valence-electron chi connectivity index (χ3n) is 22.7. The summed E-state index contributed by atoms with van der Waals surface area (Å²) in [5, 5.41) is 150. The number of esters is 1. The molecule has 25 heteroatoms. The number of ether oxygens (including phenoxy) is 10. The molecule has 9 fully saturated rings. The van der Waals surface area contributed by atoms with Crippen molar-refractivity contribution in [1.82, 2.24) is 0 Å². The highest BCUT2D eigenvalue weighted by molar-refractivity contribution is 5.79. The summed E-state index contributed by atoms with van der Waals surface area (Å²) in [4.78, 5) is 15.2. The van der Waals surface area contributed by atoms with Gasteiger partial charge in [-0.1, -0.05) is 60.1 Å². The van der Waals surface area contributed by atoms with E-state index in [1.807, 2.05) is 0 Å². The largest absolute Gasteiger partial charge is 0.432 e. The summed E-state index contributed by atoms with van der Waals surface area (Å²) in [7, 11) is 0. The lowest BCUT2D eigenvalue weighted by atomic mass is 9.33. The molecule has 31 atom stereocenters. The van der Waals surface area contributed by atoms with Gasteiger partial charge >= 0.3 is 5.97 Å². The first kappa shape index (κ1) is 64.3. The molecule has 5 aliphatic carbocycles. The van der Waals surface area contributed by atoms with Gasteiger partial charge in [-0.3, -0.25) is 4.79 Å². The van der Waals surface area contributed by atoms with Crippen LogP contribution in [0.2, 0.25) is 0 Å². The van der Waals surface area contributed by atoms with Gasteiger partial charge in [0.2, 0.25) is 6.29 Å². The molecular formula is C58H94O25. The fourth-order valence-corrected chi connectivity index (χ4v) is 17.4. The van der Waals surface area contributed by atoms with Gasteiger partial charge in [0.15, 0.2) is 25.2 Å². The van der Waals surface area contributed by atoms with Crippen LogP contribution in [-0.2, 0) is 52.2 Å². The Morgan fingerprint density at radius 3 is 1.66 bits per heavy atom. The second-order valence-electron chi connectivity index (χ2n) is 28.2. The Kier molecular flexibility index (Phi) is 18.3. The third-order valence-corrected chi connectivity index (χ3v) is 22.7. The molecule has 0 aromatic heterocycles. The van der Waals surface area contributed by atoms with Crippen molar-refractivity contribution in [3.8, 4) is 0 Å². The first-order valence-corrected chi connectivity index (χ1v) is 30.0. The Hall–Kier alpha value is -1.71. The second kappa shape index (κ2) is 23.6. The third kappa shape index (κ3) is 10.8. The quantitative estimate of drug-likeness (QED) is 0.0576. The summed E-state index contributed by atoms with van der Waals surface area (Å²) < 4.78 is 59.0. The zero-order valence-corrected chi connectivity index (χ0v) is 48.8. The lowest BCUT2D eigenvalue weighted by Gasteiger charge is -2.71. The van der Waals surface area contributed by atoms with Crippen molar-refractivity contribution in [2.24, 2.45) is 50.2 Å². The van der Waals surface area contributed by atoms with Crippen LogP contribution in [0.3, 0.4) is 0 Å². The van der Waals surface area contributed by atoms with Crippen LogP contribution in [0.1, 0.15) is 120 Å². The SMILES string of the molecule is CC1OC(OC2C(O)COC(OC3C(O)COC(OC(=O)C45CCC(C)(C)CC4C4=CCC6C7(C)CCC(OC8OC(CO)C(O)C(O)C8O)C(C)(C)C7CCC6(C)C4(C)CC5)C3O)C2O)C(O)C(O)C1OC1OC(CO)C(O)C(O)C1O. The summed E-state index contributed by atoms with van der Waals surface area (Å²) in [5.41, 5.74) is -0.821. The summed E-state index contributed by atoms with van der Waals surface area (Å²) in [6, 6.07) is 0. The maximum atomic E-state index is 15.2. The van der Waals surface area contributed by atoms with E-state index in [4.69, 9.17) is 47.4 Å². The normalized spacial score (nSPS) is 54.2. The molecule has 5 heterocycles. The van der Waals surface area contributed by atoms with Gasteiger partial charge in [-0.2, -0.15) is 0 Å². The average molecular weight is 1190 g/mol. The van der Waals surface area contributed by atoms with Crippen molar-refractivity contribution in [2.75, 3.05) is 26.4 Å². The lowest BCUT2D eigenvalue weighted by molar-refractivity contribution is -0.376. The van der Waals surface area contributed by atoms with Crippen LogP contribution in [0.15, 0.2) is 11.6 Å². The molecule has 0 aromatic carbocycles. The Bertz CT molecular complexity index is 2310. The molecule has 0 spiro atoms. The van der Waals surface area contributed by atoms with E-state index in [0.717, 1.165) is 38.5 Å². The first-order chi connectivity index (χ1) is 38.9. The molecule has 5 saturated heterocycles. The van der Waals surface area contributed by atoms with E-state index >= 15 is 4.79 Å². The zero-order chi connectivity index (χ0) is 60.4. The average Bonchev–Trinajstić information content (AvgIpc) is 3.18. The highest BCUT2D eigenvalue weighted by atomic mass is 16.8. The molecule has 83 heavy (non-hydrogen) atoms. The molecular weight excluding hydrogens is 1100 g/mol. The minimum Gasteiger partial charge on any atom is -0.432 e. The second-order valence-corrected chi connectivity index (χ2v) is 28.2. The van der Waals surface area contributed by atoms with Crippen molar-refractivity contribution < 1.29 is 124 Å². The summed E-state index contributed by atoms with van der Waals surface area (Å²) >= 11 is 0. The summed E-state index contributed by atoms with van der Waals surface area (Å²) in [6.45, 7) is 15.3. The van der Waals surface area contributed by atoms with Gasteiger partial charge in [-0.15, -0.1) is 0 Å². The van der Waals surface area contributed by atoms with Gasteiger partial charge < -0.3 is 119 Å². The topological polar surface area (TPSA) is 393 Å². The van der Waals surface area contributed by atoms with Crippen LogP contribution in [0.4, 0.5) is 0 Å². The van der Waals surface area contributed by atoms with Gasteiger partial charge in [-0.25, -0.2) is 0 Å². The van der Waals surface area contributed by atoms with Crippen molar-refractivity contribution in [2.45, 2.75) is 267 Å². The van der Waals surface area contributed by atoms with Gasteiger partial charge in [0, 0.05) is 0 Å². The fourth-order valence-electron chi connectivity index (χ4n) is 17.4. The van der Waals surface area contributed by atoms with Crippen LogP contribution >= 0.6 is 0 Å². The smallest absolute Gasteiger partial charge is 0.315 e. The van der Waals surface area contributed by atoms with E-state index in [-0.39, 0.29) is 50.9 Å². The molecule has 4 saturated carbocycles. The Labute approximate surface area is 483 Å². The van der Waals surface area contributed by atoms with Crippen LogP contribution in [0.25, 0.3) is 0 Å². The molecule has 5 aliphatic heterocycles. The monoisotopic (exact) mass is 1190 g/mol. The standard InChI is InChI=1S/C58H94O25/c1-24-44(80-51-40(69)37(66)35(64)30(21-60)78-51)38(67)41(70)49(76-24)82-46-28(62)22-74-47(42(46)71)81-45-27(61)23-75-48(43(45)72)83-52(73)58-17-15-53(2,3)19-26(58)25-9-10-32-55(6)13-12-33(79-50-39(68)36(65)34(63)29(20-59)77-50)54(4,5)31(55)11-14-57(32,8)56(25,7)16-18-58/h9,24,26-51,59-72H,10-23H2,1-8H3. The molecule has 10 aliphatic rings. The summed E-state index contributed by atoms with van der Waals surface area (Å²) in [6.07, 6.45) is -27.0. The molecule has 10 rings (SSSR count). The number of hydrogen-bond acceptors (Lipinski definition) is 25. The molecule has 476 valence electrons. The number of carbonyl (C=O) groups is 1. The number of hydrogen-bond donors (Lipinski definition) is 14. The van der Waals surface area contributed by atoms with Crippen LogP contribution in [0, 0.1) is 50.2 Å². The van der Waals surface area contributed by atoms with Crippen LogP contribution in [0.5, 0.6) is 0 Å². The molecule has 0 radical (unpaired) electrons. The molecule has 14 N–H and O–H groups in total. The molecule has 31 unspecified atom stereocenters. The van der Waals surface area contributed by atoms with E-state index in [1.54, 1.807) is 0 Å². The number of aliphatic hydroxyl groups is 14. The lowest BCUT2D eigenvalue weighted by Crippen LogP contribution is -2.66. The van der Waals surface area contributed by atoms with Crippen molar-refractivity contribution in [3.63, 3.8) is 0 Å². The number of rotatable bonds is 12. The Morgan fingerprint density at radius 2 is 1.06 bits per heavy atom. The maximum Gasteiger partial charge on any atom is 0.315 e. The number of aliphatic hydroxyl groups excluding tert-OH is 14. The highest BCUT2D eigenvalue weighted by Gasteiger charge is 2.70. The summed E-state index contributed by atoms with van der Waals surface area (Å²) in [5.74, 6) is -0.257. The molecule has 0 amide bonds. The van der Waals surface area contributed by atoms with Gasteiger partial charge in [0.1, 0.15) is 104 Å². The van der Waals surface area contributed by atoms with E-state index < -0.39 is 179 Å². The fraction of sp³-hybridized carbons (Fsp3) is 0.948. The minimum atomic E-state index is -1.92. The van der Waals surface area contributed by atoms with Gasteiger partial charge in [0.05, 0.1) is 44.1 Å². The van der Waals surface area contributed by atoms with E-state index in [2.05, 4.69) is 54.5 Å². The molecule has 0 aromatic rings. The first-order valence-electron chi connectivity index (χ1n) is 30.0. The van der Waals surface area contributed by atoms with Crippen molar-refractivity contribution in [3.05, 3.63) is 11.6 Å². The van der Waals surface area contributed by atoms with E-state index in [0.29, 0.717) is 25.7 Å². The zero-order valence-electron chi connectivity index (χ0n) is 48.8. The van der Waals surface area contributed by atoms with Gasteiger partial charge in [-0.05, 0) is 116 Å². The Morgan fingerprint density at radius 1 is 0.542 bits per heavy atom. The van der Waals surface area contributed by atoms with Gasteiger partial charge in [0.25, 0.3) is 0 Å². The predicted molar refractivity (Wildman–Crippen MR) is 282 cm³/mol. The van der Waals surface area contributed by atoms with E-state index in [1.165, 1.54) is 12.5 Å². The van der Waals surface area contributed by atoms with Crippen LogP contribution < -0.4 is 0 Å². The highest BCUT2D eigenvalue weighted by Crippen LogP contribution is 2.76. The number of allylic oxidation sites excluding steroid dienone is 2.